The van der Waals surface area contributed by atoms with Crippen molar-refractivity contribution in [2.75, 3.05) is 13.1 Å². The Hall–Kier alpha value is -2.27. The van der Waals surface area contributed by atoms with Crippen LogP contribution >= 0.6 is 0 Å². The van der Waals surface area contributed by atoms with E-state index in [4.69, 9.17) is 4.42 Å². The van der Waals surface area contributed by atoms with Crippen molar-refractivity contribution >= 4 is 6.03 Å². The van der Waals surface area contributed by atoms with Gasteiger partial charge in [-0.1, -0.05) is 24.3 Å². The largest absolute Gasteiger partial charge is 0.467 e. The van der Waals surface area contributed by atoms with Gasteiger partial charge < -0.3 is 20.2 Å². The molecule has 0 aliphatic heterocycles. The number of hydrogen-bond donors (Lipinski definition) is 3. The van der Waals surface area contributed by atoms with Crippen LogP contribution in [0.4, 0.5) is 4.79 Å². The Kier molecular flexibility index (Phi) is 4.39. The lowest BCUT2D eigenvalue weighted by atomic mass is 9.92. The van der Waals surface area contributed by atoms with Gasteiger partial charge in [-0.05, 0) is 43.0 Å². The monoisotopic (exact) mass is 314 g/mol. The zero-order valence-corrected chi connectivity index (χ0v) is 13.2. The average molecular weight is 314 g/mol. The van der Waals surface area contributed by atoms with Crippen molar-refractivity contribution in [3.05, 3.63) is 59.5 Å². The van der Waals surface area contributed by atoms with Crippen LogP contribution in [0.3, 0.4) is 0 Å². The number of carbonyl (C=O) groups is 1. The number of urea groups is 1. The van der Waals surface area contributed by atoms with Gasteiger partial charge in [-0.15, -0.1) is 0 Å². The number of rotatable bonds is 6. The molecule has 1 heterocycles. The molecule has 1 aromatic carbocycles. The summed E-state index contributed by atoms with van der Waals surface area (Å²) >= 11 is 0. The molecule has 0 saturated heterocycles. The van der Waals surface area contributed by atoms with Gasteiger partial charge in [-0.3, -0.25) is 0 Å². The summed E-state index contributed by atoms with van der Waals surface area (Å²) in [5.41, 5.74) is 2.65. The van der Waals surface area contributed by atoms with Gasteiger partial charge >= 0.3 is 6.03 Å². The lowest BCUT2D eigenvalue weighted by Gasteiger charge is -2.19. The first-order valence-electron chi connectivity index (χ1n) is 7.90. The van der Waals surface area contributed by atoms with E-state index in [2.05, 4.69) is 29.7 Å². The highest BCUT2D eigenvalue weighted by atomic mass is 16.4. The summed E-state index contributed by atoms with van der Waals surface area (Å²) in [7, 11) is 0. The van der Waals surface area contributed by atoms with Crippen molar-refractivity contribution in [3.63, 3.8) is 0 Å². The number of aliphatic hydroxyl groups is 1. The van der Waals surface area contributed by atoms with Crippen LogP contribution in [0.15, 0.2) is 47.1 Å². The summed E-state index contributed by atoms with van der Waals surface area (Å²) in [5, 5.41) is 15.5. The molecule has 23 heavy (non-hydrogen) atoms. The second kappa shape index (κ2) is 6.46. The van der Waals surface area contributed by atoms with Crippen LogP contribution in [-0.4, -0.2) is 24.2 Å². The Morgan fingerprint density at radius 2 is 2.04 bits per heavy atom. The van der Waals surface area contributed by atoms with E-state index in [1.54, 1.807) is 12.1 Å². The second-order valence-corrected chi connectivity index (χ2v) is 6.19. The van der Waals surface area contributed by atoms with Gasteiger partial charge in [0.25, 0.3) is 0 Å². The van der Waals surface area contributed by atoms with Crippen LogP contribution in [0.5, 0.6) is 0 Å². The van der Waals surface area contributed by atoms with Gasteiger partial charge in [-0.25, -0.2) is 4.79 Å². The van der Waals surface area contributed by atoms with Crippen LogP contribution < -0.4 is 10.6 Å². The Morgan fingerprint density at radius 3 is 2.70 bits per heavy atom. The van der Waals surface area contributed by atoms with E-state index >= 15 is 0 Å². The SMILES string of the molecule is Cc1ccccc1C1(CNC(=O)NCC(O)c2ccco2)CC1. The zero-order valence-electron chi connectivity index (χ0n) is 13.2. The molecule has 1 aliphatic rings. The second-order valence-electron chi connectivity index (χ2n) is 6.19. The van der Waals surface area contributed by atoms with E-state index in [0.717, 1.165) is 12.8 Å². The van der Waals surface area contributed by atoms with Gasteiger partial charge in [0.15, 0.2) is 0 Å². The fourth-order valence-electron chi connectivity index (χ4n) is 2.94. The summed E-state index contributed by atoms with van der Waals surface area (Å²) in [6.45, 7) is 2.84. The number of aliphatic hydroxyl groups excluding tert-OH is 1. The van der Waals surface area contributed by atoms with E-state index in [1.165, 1.54) is 17.4 Å². The third-order valence-corrected chi connectivity index (χ3v) is 4.48. The third-order valence-electron chi connectivity index (χ3n) is 4.48. The first-order valence-corrected chi connectivity index (χ1v) is 7.90. The summed E-state index contributed by atoms with van der Waals surface area (Å²) < 4.78 is 5.10. The minimum absolute atomic E-state index is 0.0717. The number of furan rings is 1. The first kappa shape index (κ1) is 15.6. The predicted molar refractivity (Wildman–Crippen MR) is 87.2 cm³/mol. The topological polar surface area (TPSA) is 74.5 Å². The fourth-order valence-corrected chi connectivity index (χ4v) is 2.94. The summed E-state index contributed by atoms with van der Waals surface area (Å²) in [5.74, 6) is 0.448. The van der Waals surface area contributed by atoms with Crippen molar-refractivity contribution in [1.29, 1.82) is 0 Å². The molecular formula is C18H22N2O3. The molecule has 1 unspecified atom stereocenters. The fraction of sp³-hybridized carbons (Fsp3) is 0.389. The van der Waals surface area contributed by atoms with Gasteiger partial charge in [0.1, 0.15) is 11.9 Å². The molecule has 2 aromatic rings. The maximum absolute atomic E-state index is 11.9. The normalized spacial score (nSPS) is 16.6. The summed E-state index contributed by atoms with van der Waals surface area (Å²) in [6.07, 6.45) is 2.85. The van der Waals surface area contributed by atoms with Crippen molar-refractivity contribution in [3.8, 4) is 0 Å². The molecule has 1 atom stereocenters. The molecule has 3 rings (SSSR count). The van der Waals surface area contributed by atoms with Crippen LogP contribution in [0.1, 0.15) is 35.8 Å². The molecule has 0 bridgehead atoms. The number of amides is 2. The lowest BCUT2D eigenvalue weighted by molar-refractivity contribution is 0.148. The molecular weight excluding hydrogens is 292 g/mol. The van der Waals surface area contributed by atoms with Crippen LogP contribution in [0.2, 0.25) is 0 Å². The average Bonchev–Trinajstić information content (AvgIpc) is 3.13. The summed E-state index contributed by atoms with van der Waals surface area (Å²) in [6, 6.07) is 11.4. The van der Waals surface area contributed by atoms with Crippen molar-refractivity contribution in [2.24, 2.45) is 0 Å². The van der Waals surface area contributed by atoms with E-state index < -0.39 is 6.10 Å². The van der Waals surface area contributed by atoms with E-state index in [-0.39, 0.29) is 18.0 Å². The Morgan fingerprint density at radius 1 is 1.26 bits per heavy atom. The standard InChI is InChI=1S/C18H22N2O3/c1-13-5-2-3-6-14(13)18(8-9-18)12-20-17(22)19-11-15(21)16-7-4-10-23-16/h2-7,10,15,21H,8-9,11-12H2,1H3,(H2,19,20,22). The van der Waals surface area contributed by atoms with Gasteiger partial charge in [0, 0.05) is 12.0 Å². The van der Waals surface area contributed by atoms with Crippen molar-refractivity contribution < 1.29 is 14.3 Å². The van der Waals surface area contributed by atoms with Gasteiger partial charge in [-0.2, -0.15) is 0 Å². The number of carbonyl (C=O) groups excluding carboxylic acids is 1. The minimum Gasteiger partial charge on any atom is -0.467 e. The molecule has 0 spiro atoms. The number of benzene rings is 1. The van der Waals surface area contributed by atoms with E-state index in [1.807, 2.05) is 12.1 Å². The third kappa shape index (κ3) is 3.56. The Bertz CT molecular complexity index is 663. The maximum atomic E-state index is 11.9. The molecule has 1 saturated carbocycles. The highest BCUT2D eigenvalue weighted by Crippen LogP contribution is 2.48. The lowest BCUT2D eigenvalue weighted by Crippen LogP contribution is -2.41. The molecule has 2 amide bonds. The van der Waals surface area contributed by atoms with Gasteiger partial charge in [0.05, 0.1) is 12.8 Å². The highest BCUT2D eigenvalue weighted by molar-refractivity contribution is 5.74. The predicted octanol–water partition coefficient (Wildman–Crippen LogP) is 2.65. The molecule has 1 aliphatic carbocycles. The van der Waals surface area contributed by atoms with Gasteiger partial charge in [0.2, 0.25) is 0 Å². The number of aryl methyl sites for hydroxylation is 1. The van der Waals surface area contributed by atoms with Crippen LogP contribution in [-0.2, 0) is 5.41 Å². The molecule has 5 heteroatoms. The molecule has 1 aromatic heterocycles. The molecule has 0 radical (unpaired) electrons. The quantitative estimate of drug-likeness (QED) is 0.767. The molecule has 3 N–H and O–H groups in total. The maximum Gasteiger partial charge on any atom is 0.314 e. The Labute approximate surface area is 135 Å². The van der Waals surface area contributed by atoms with E-state index in [0.29, 0.717) is 12.3 Å². The first-order chi connectivity index (χ1) is 11.1. The van der Waals surface area contributed by atoms with Crippen molar-refractivity contribution in [1.82, 2.24) is 10.6 Å². The van der Waals surface area contributed by atoms with Crippen LogP contribution in [0.25, 0.3) is 0 Å². The van der Waals surface area contributed by atoms with Crippen molar-refractivity contribution in [2.45, 2.75) is 31.3 Å². The summed E-state index contributed by atoms with van der Waals surface area (Å²) in [4.78, 5) is 11.9. The number of nitrogens with one attached hydrogen (secondary N) is 2. The minimum atomic E-state index is -0.831. The van der Waals surface area contributed by atoms with Crippen LogP contribution in [0, 0.1) is 6.92 Å². The molecule has 122 valence electrons. The Balaban J connectivity index is 1.49. The zero-order chi connectivity index (χ0) is 16.3. The van der Waals surface area contributed by atoms with E-state index in [9.17, 15) is 9.90 Å². The molecule has 5 nitrogen and oxygen atoms in total. The number of hydrogen-bond acceptors (Lipinski definition) is 3. The smallest absolute Gasteiger partial charge is 0.314 e. The highest BCUT2D eigenvalue weighted by Gasteiger charge is 2.45. The molecule has 1 fully saturated rings.